The Hall–Kier alpha value is -3.12. The molecule has 0 bridgehead atoms. The largest absolute Gasteiger partial charge is 0.496 e. The fraction of sp³-hybridized carbons (Fsp3) is 0.333. The number of oxazole rings is 1. The van der Waals surface area contributed by atoms with Gasteiger partial charge in [-0.2, -0.15) is 0 Å². The second-order valence-electron chi connectivity index (χ2n) is 7.50. The van der Waals surface area contributed by atoms with Crippen molar-refractivity contribution in [2.75, 3.05) is 26.7 Å². The zero-order valence-electron chi connectivity index (χ0n) is 17.4. The van der Waals surface area contributed by atoms with Crippen molar-refractivity contribution in [1.82, 2.24) is 15.2 Å². The van der Waals surface area contributed by atoms with Crippen LogP contribution in [0.2, 0.25) is 0 Å². The predicted molar refractivity (Wildman–Crippen MR) is 116 cm³/mol. The lowest BCUT2D eigenvalue weighted by Crippen LogP contribution is -2.37. The molecular formula is C24H27N3O3. The van der Waals surface area contributed by atoms with Crippen LogP contribution in [0.15, 0.2) is 59.0 Å². The third-order valence-electron chi connectivity index (χ3n) is 5.57. The van der Waals surface area contributed by atoms with Crippen molar-refractivity contribution in [3.63, 3.8) is 0 Å². The standard InChI is InChI=1S/C24H27N3O3/c1-17-22(26-24(30-17)18-10-4-3-5-11-18)23(28)25-16-20(27-14-8-9-15-27)19-12-6-7-13-21(19)29-2/h3-7,10-13,20H,8-9,14-16H2,1-2H3,(H,25,28). The summed E-state index contributed by atoms with van der Waals surface area (Å²) in [6, 6.07) is 17.7. The van der Waals surface area contributed by atoms with Gasteiger partial charge in [0.15, 0.2) is 5.69 Å². The molecule has 1 aliphatic heterocycles. The molecule has 1 aliphatic rings. The number of hydrogen-bond donors (Lipinski definition) is 1. The van der Waals surface area contributed by atoms with Crippen LogP contribution in [-0.4, -0.2) is 42.5 Å². The summed E-state index contributed by atoms with van der Waals surface area (Å²) < 4.78 is 11.3. The molecule has 1 aromatic heterocycles. The summed E-state index contributed by atoms with van der Waals surface area (Å²) in [5.41, 5.74) is 2.27. The summed E-state index contributed by atoms with van der Waals surface area (Å²) in [7, 11) is 1.68. The summed E-state index contributed by atoms with van der Waals surface area (Å²) >= 11 is 0. The van der Waals surface area contributed by atoms with Gasteiger partial charge in [-0.1, -0.05) is 36.4 Å². The minimum atomic E-state index is -0.225. The average molecular weight is 405 g/mol. The molecule has 30 heavy (non-hydrogen) atoms. The SMILES string of the molecule is COc1ccccc1C(CNC(=O)c1nc(-c2ccccc2)oc1C)N1CCCC1. The molecule has 6 nitrogen and oxygen atoms in total. The van der Waals surface area contributed by atoms with Gasteiger partial charge in [-0.15, -0.1) is 0 Å². The fourth-order valence-electron chi connectivity index (χ4n) is 4.02. The fourth-order valence-corrected chi connectivity index (χ4v) is 4.02. The molecule has 2 aromatic carbocycles. The normalized spacial score (nSPS) is 15.1. The highest BCUT2D eigenvalue weighted by Crippen LogP contribution is 2.31. The molecule has 1 fully saturated rings. The minimum Gasteiger partial charge on any atom is -0.496 e. The van der Waals surface area contributed by atoms with Crippen LogP contribution in [0.25, 0.3) is 11.5 Å². The van der Waals surface area contributed by atoms with Crippen molar-refractivity contribution in [3.8, 4) is 17.2 Å². The molecule has 3 aromatic rings. The van der Waals surface area contributed by atoms with E-state index in [9.17, 15) is 4.79 Å². The van der Waals surface area contributed by atoms with Crippen LogP contribution in [-0.2, 0) is 0 Å². The molecule has 6 heteroatoms. The number of nitrogens with one attached hydrogen (secondary N) is 1. The Balaban J connectivity index is 1.52. The number of likely N-dealkylation sites (tertiary alicyclic amines) is 1. The van der Waals surface area contributed by atoms with E-state index in [0.29, 0.717) is 23.9 Å². The first kappa shape index (κ1) is 20.2. The molecule has 1 saturated heterocycles. The first-order valence-corrected chi connectivity index (χ1v) is 10.4. The Morgan fingerprint density at radius 1 is 1.13 bits per heavy atom. The Morgan fingerprint density at radius 2 is 1.83 bits per heavy atom. The van der Waals surface area contributed by atoms with Crippen molar-refractivity contribution in [1.29, 1.82) is 0 Å². The maximum atomic E-state index is 12.9. The van der Waals surface area contributed by atoms with Crippen molar-refractivity contribution in [2.45, 2.75) is 25.8 Å². The number of aromatic nitrogens is 1. The third kappa shape index (κ3) is 4.24. The zero-order valence-corrected chi connectivity index (χ0v) is 17.4. The lowest BCUT2D eigenvalue weighted by atomic mass is 10.0. The zero-order chi connectivity index (χ0) is 20.9. The molecule has 0 saturated carbocycles. The molecule has 0 radical (unpaired) electrons. The maximum absolute atomic E-state index is 12.9. The molecule has 0 aliphatic carbocycles. The van der Waals surface area contributed by atoms with E-state index in [4.69, 9.17) is 9.15 Å². The molecule has 4 rings (SSSR count). The number of para-hydroxylation sites is 1. The summed E-state index contributed by atoms with van der Waals surface area (Å²) in [5, 5.41) is 3.07. The smallest absolute Gasteiger partial charge is 0.273 e. The van der Waals surface area contributed by atoms with Crippen molar-refractivity contribution < 1.29 is 13.9 Å². The molecule has 1 unspecified atom stereocenters. The molecule has 1 amide bonds. The Kier molecular flexibility index (Phi) is 6.14. The van der Waals surface area contributed by atoms with Crippen molar-refractivity contribution in [3.05, 3.63) is 71.6 Å². The number of hydrogen-bond acceptors (Lipinski definition) is 5. The number of carbonyl (C=O) groups excluding carboxylic acids is 1. The van der Waals surface area contributed by atoms with Gasteiger partial charge in [-0.3, -0.25) is 9.69 Å². The topological polar surface area (TPSA) is 67.6 Å². The lowest BCUT2D eigenvalue weighted by Gasteiger charge is -2.29. The van der Waals surface area contributed by atoms with Crippen LogP contribution in [0.5, 0.6) is 5.75 Å². The molecule has 1 N–H and O–H groups in total. The number of amides is 1. The van der Waals surface area contributed by atoms with E-state index in [0.717, 1.165) is 30.0 Å². The highest BCUT2D eigenvalue weighted by atomic mass is 16.5. The van der Waals surface area contributed by atoms with Gasteiger partial charge >= 0.3 is 0 Å². The minimum absolute atomic E-state index is 0.0494. The highest BCUT2D eigenvalue weighted by molar-refractivity contribution is 5.93. The monoisotopic (exact) mass is 405 g/mol. The summed E-state index contributed by atoms with van der Waals surface area (Å²) in [6.45, 7) is 4.28. The van der Waals surface area contributed by atoms with E-state index in [1.54, 1.807) is 14.0 Å². The number of rotatable bonds is 7. The number of nitrogens with zero attached hydrogens (tertiary/aromatic N) is 2. The van der Waals surface area contributed by atoms with E-state index >= 15 is 0 Å². The number of ether oxygens (including phenoxy) is 1. The van der Waals surface area contributed by atoms with Crippen LogP contribution in [0, 0.1) is 6.92 Å². The van der Waals surface area contributed by atoms with Crippen molar-refractivity contribution >= 4 is 5.91 Å². The maximum Gasteiger partial charge on any atom is 0.273 e. The number of carbonyl (C=O) groups is 1. The van der Waals surface area contributed by atoms with Crippen LogP contribution >= 0.6 is 0 Å². The van der Waals surface area contributed by atoms with Crippen LogP contribution in [0.4, 0.5) is 0 Å². The van der Waals surface area contributed by atoms with E-state index in [1.165, 1.54) is 12.8 Å². The predicted octanol–water partition coefficient (Wildman–Crippen LogP) is 4.23. The van der Waals surface area contributed by atoms with Gasteiger partial charge in [0, 0.05) is 17.7 Å². The molecule has 0 spiro atoms. The summed E-state index contributed by atoms with van der Waals surface area (Å²) in [5.74, 6) is 1.59. The Morgan fingerprint density at radius 3 is 2.57 bits per heavy atom. The van der Waals surface area contributed by atoms with Crippen molar-refractivity contribution in [2.24, 2.45) is 0 Å². The van der Waals surface area contributed by atoms with E-state index in [1.807, 2.05) is 48.5 Å². The summed E-state index contributed by atoms with van der Waals surface area (Å²) in [6.07, 6.45) is 2.34. The Bertz CT molecular complexity index is 994. The number of benzene rings is 2. The van der Waals surface area contributed by atoms with Gasteiger partial charge in [-0.05, 0) is 51.1 Å². The summed E-state index contributed by atoms with van der Waals surface area (Å²) in [4.78, 5) is 19.8. The van der Waals surface area contributed by atoms with Gasteiger partial charge in [0.2, 0.25) is 5.89 Å². The highest BCUT2D eigenvalue weighted by Gasteiger charge is 2.27. The number of methoxy groups -OCH3 is 1. The lowest BCUT2D eigenvalue weighted by molar-refractivity contribution is 0.0931. The molecular weight excluding hydrogens is 378 g/mol. The van der Waals surface area contributed by atoms with Gasteiger partial charge in [0.05, 0.1) is 13.2 Å². The second-order valence-corrected chi connectivity index (χ2v) is 7.50. The van der Waals surface area contributed by atoms with Gasteiger partial charge in [0.25, 0.3) is 5.91 Å². The van der Waals surface area contributed by atoms with E-state index in [2.05, 4.69) is 21.3 Å². The van der Waals surface area contributed by atoms with Crippen LogP contribution < -0.4 is 10.1 Å². The van der Waals surface area contributed by atoms with E-state index in [-0.39, 0.29) is 11.9 Å². The van der Waals surface area contributed by atoms with Crippen LogP contribution in [0.1, 0.15) is 40.7 Å². The first-order valence-electron chi connectivity index (χ1n) is 10.4. The van der Waals surface area contributed by atoms with Crippen LogP contribution in [0.3, 0.4) is 0 Å². The molecule has 1 atom stereocenters. The quantitative estimate of drug-likeness (QED) is 0.637. The Labute approximate surface area is 176 Å². The first-order chi connectivity index (χ1) is 14.7. The average Bonchev–Trinajstić information content (AvgIpc) is 3.45. The number of aryl methyl sites for hydroxylation is 1. The van der Waals surface area contributed by atoms with Gasteiger partial charge in [0.1, 0.15) is 11.5 Å². The second kappa shape index (κ2) is 9.13. The van der Waals surface area contributed by atoms with Gasteiger partial charge in [-0.25, -0.2) is 4.98 Å². The third-order valence-corrected chi connectivity index (χ3v) is 5.57. The molecule has 2 heterocycles. The van der Waals surface area contributed by atoms with E-state index < -0.39 is 0 Å². The molecule has 156 valence electrons. The van der Waals surface area contributed by atoms with Gasteiger partial charge < -0.3 is 14.5 Å².